The Balaban J connectivity index is 1.97. The Kier molecular flexibility index (Phi) is 7.71. The topological polar surface area (TPSA) is 103 Å². The van der Waals surface area contributed by atoms with Crippen LogP contribution in [0.4, 0.5) is 11.4 Å². The number of anilines is 2. The standard InChI is InChI=1S/C25H24N2O7/c1-31-18-11-8-16(9-12-18)23(28)26-20-13-10-17(15-21(20)32-2)27-14-6-5-7-19(24(29)33-3)22(27)25(30)34-4/h5-15H,1-4H3,(H,26,28). The second-order valence-electron chi connectivity index (χ2n) is 6.88. The van der Waals surface area contributed by atoms with Crippen molar-refractivity contribution in [2.45, 2.75) is 0 Å². The Hall–Kier alpha value is -4.53. The summed E-state index contributed by atoms with van der Waals surface area (Å²) in [6.07, 6.45) is 6.33. The maximum atomic E-state index is 12.7. The third-order valence-electron chi connectivity index (χ3n) is 4.95. The molecule has 1 aliphatic heterocycles. The fraction of sp³-hybridized carbons (Fsp3) is 0.160. The Morgan fingerprint density at radius 1 is 0.824 bits per heavy atom. The number of amides is 1. The van der Waals surface area contributed by atoms with Crippen LogP contribution in [-0.2, 0) is 19.1 Å². The number of nitrogens with one attached hydrogen (secondary N) is 1. The number of esters is 2. The van der Waals surface area contributed by atoms with Crippen LogP contribution in [0.15, 0.2) is 78.2 Å². The molecule has 0 aromatic heterocycles. The van der Waals surface area contributed by atoms with Crippen LogP contribution >= 0.6 is 0 Å². The molecular formula is C25H24N2O7. The Bertz CT molecular complexity index is 1180. The lowest BCUT2D eigenvalue weighted by Crippen LogP contribution is -2.27. The summed E-state index contributed by atoms with van der Waals surface area (Å²) in [5.74, 6) is -0.781. The highest BCUT2D eigenvalue weighted by Crippen LogP contribution is 2.34. The number of hydrogen-bond acceptors (Lipinski definition) is 8. The highest BCUT2D eigenvalue weighted by Gasteiger charge is 2.28. The lowest BCUT2D eigenvalue weighted by atomic mass is 10.1. The third-order valence-corrected chi connectivity index (χ3v) is 4.95. The quantitative estimate of drug-likeness (QED) is 0.622. The molecule has 0 saturated carbocycles. The van der Waals surface area contributed by atoms with Crippen molar-refractivity contribution in [1.82, 2.24) is 0 Å². The van der Waals surface area contributed by atoms with Gasteiger partial charge in [0, 0.05) is 23.5 Å². The van der Waals surface area contributed by atoms with Crippen LogP contribution in [0, 0.1) is 0 Å². The van der Waals surface area contributed by atoms with Gasteiger partial charge in [0.2, 0.25) is 0 Å². The second kappa shape index (κ2) is 10.9. The summed E-state index contributed by atoms with van der Waals surface area (Å²) in [4.78, 5) is 39.1. The molecule has 34 heavy (non-hydrogen) atoms. The first kappa shape index (κ1) is 24.1. The van der Waals surface area contributed by atoms with Crippen LogP contribution in [0.25, 0.3) is 0 Å². The monoisotopic (exact) mass is 464 g/mol. The zero-order valence-corrected chi connectivity index (χ0v) is 19.2. The maximum absolute atomic E-state index is 12.7. The van der Waals surface area contributed by atoms with Crippen molar-refractivity contribution in [3.8, 4) is 11.5 Å². The molecule has 2 aromatic rings. The van der Waals surface area contributed by atoms with Gasteiger partial charge in [-0.05, 0) is 48.6 Å². The molecule has 0 radical (unpaired) electrons. The summed E-state index contributed by atoms with van der Waals surface area (Å²) < 4.78 is 20.3. The molecule has 1 aliphatic rings. The van der Waals surface area contributed by atoms with Crippen molar-refractivity contribution in [2.24, 2.45) is 0 Å². The molecule has 0 spiro atoms. The van der Waals surface area contributed by atoms with Gasteiger partial charge in [0.1, 0.15) is 17.2 Å². The van der Waals surface area contributed by atoms with Crippen molar-refractivity contribution in [3.63, 3.8) is 0 Å². The van der Waals surface area contributed by atoms with Crippen molar-refractivity contribution in [2.75, 3.05) is 38.7 Å². The van der Waals surface area contributed by atoms with Crippen LogP contribution in [0.5, 0.6) is 11.5 Å². The van der Waals surface area contributed by atoms with Crippen LogP contribution < -0.4 is 19.7 Å². The van der Waals surface area contributed by atoms with E-state index in [-0.39, 0.29) is 17.2 Å². The Morgan fingerprint density at radius 2 is 1.53 bits per heavy atom. The fourth-order valence-electron chi connectivity index (χ4n) is 3.24. The minimum absolute atomic E-state index is 0.0233. The first-order chi connectivity index (χ1) is 16.4. The summed E-state index contributed by atoms with van der Waals surface area (Å²) in [7, 11) is 5.45. The van der Waals surface area contributed by atoms with E-state index >= 15 is 0 Å². The van der Waals surface area contributed by atoms with Crippen molar-refractivity contribution < 1.29 is 33.3 Å². The van der Waals surface area contributed by atoms with Gasteiger partial charge >= 0.3 is 11.9 Å². The Labute approximate surface area is 196 Å². The van der Waals surface area contributed by atoms with Gasteiger partial charge in [-0.1, -0.05) is 6.08 Å². The molecule has 0 atom stereocenters. The number of benzene rings is 2. The van der Waals surface area contributed by atoms with E-state index in [9.17, 15) is 14.4 Å². The van der Waals surface area contributed by atoms with Gasteiger partial charge in [-0.2, -0.15) is 0 Å². The summed E-state index contributed by atoms with van der Waals surface area (Å²) in [5, 5.41) is 2.81. The largest absolute Gasteiger partial charge is 0.497 e. The molecule has 0 unspecified atom stereocenters. The normalized spacial score (nSPS) is 12.6. The van der Waals surface area contributed by atoms with E-state index in [0.717, 1.165) is 0 Å². The van der Waals surface area contributed by atoms with Crippen LogP contribution in [0.2, 0.25) is 0 Å². The summed E-state index contributed by atoms with van der Waals surface area (Å²) in [5.41, 5.74) is 1.33. The molecule has 1 heterocycles. The minimum atomic E-state index is -0.729. The molecule has 1 N–H and O–H groups in total. The molecule has 0 bridgehead atoms. The van der Waals surface area contributed by atoms with Crippen LogP contribution in [-0.4, -0.2) is 46.3 Å². The molecule has 0 saturated heterocycles. The smallest absolute Gasteiger partial charge is 0.355 e. The van der Waals surface area contributed by atoms with Crippen molar-refractivity contribution in [3.05, 3.63) is 83.7 Å². The predicted octanol–water partition coefficient (Wildman–Crippen LogP) is 3.45. The van der Waals surface area contributed by atoms with Gasteiger partial charge in [-0.25, -0.2) is 9.59 Å². The zero-order chi connectivity index (χ0) is 24.7. The number of hydrogen-bond donors (Lipinski definition) is 1. The lowest BCUT2D eigenvalue weighted by molar-refractivity contribution is -0.139. The van der Waals surface area contributed by atoms with Gasteiger partial charge in [-0.15, -0.1) is 0 Å². The molecule has 1 amide bonds. The second-order valence-corrected chi connectivity index (χ2v) is 6.88. The van der Waals surface area contributed by atoms with Crippen LogP contribution in [0.3, 0.4) is 0 Å². The van der Waals surface area contributed by atoms with E-state index in [1.165, 1.54) is 32.3 Å². The number of methoxy groups -OCH3 is 4. The first-order valence-corrected chi connectivity index (χ1v) is 10.1. The summed E-state index contributed by atoms with van der Waals surface area (Å²) in [6.45, 7) is 0. The van der Waals surface area contributed by atoms with Crippen molar-refractivity contribution in [1.29, 1.82) is 0 Å². The number of allylic oxidation sites excluding steroid dienone is 2. The van der Waals surface area contributed by atoms with Crippen LogP contribution in [0.1, 0.15) is 10.4 Å². The first-order valence-electron chi connectivity index (χ1n) is 10.1. The van der Waals surface area contributed by atoms with E-state index in [4.69, 9.17) is 18.9 Å². The van der Waals surface area contributed by atoms with E-state index in [0.29, 0.717) is 28.4 Å². The summed E-state index contributed by atoms with van der Waals surface area (Å²) >= 11 is 0. The highest BCUT2D eigenvalue weighted by molar-refractivity contribution is 6.06. The average molecular weight is 464 g/mol. The van der Waals surface area contributed by atoms with Gasteiger partial charge in [-0.3, -0.25) is 4.79 Å². The van der Waals surface area contributed by atoms with Gasteiger partial charge in [0.05, 0.1) is 39.7 Å². The number of nitrogens with zero attached hydrogens (tertiary/aromatic N) is 1. The molecule has 9 nitrogen and oxygen atoms in total. The maximum Gasteiger partial charge on any atom is 0.355 e. The molecule has 176 valence electrons. The minimum Gasteiger partial charge on any atom is -0.497 e. The van der Waals surface area contributed by atoms with Gasteiger partial charge < -0.3 is 29.2 Å². The highest BCUT2D eigenvalue weighted by atomic mass is 16.5. The predicted molar refractivity (Wildman–Crippen MR) is 126 cm³/mol. The van der Waals surface area contributed by atoms with E-state index < -0.39 is 11.9 Å². The van der Waals surface area contributed by atoms with Crippen molar-refractivity contribution >= 4 is 29.2 Å². The number of carbonyl (C=O) groups is 3. The molecule has 0 fully saturated rings. The Morgan fingerprint density at radius 3 is 2.15 bits per heavy atom. The molecule has 2 aromatic carbocycles. The molecule has 9 heteroatoms. The van der Waals surface area contributed by atoms with Gasteiger partial charge in [0.25, 0.3) is 5.91 Å². The van der Waals surface area contributed by atoms with E-state index in [1.54, 1.807) is 67.9 Å². The third kappa shape index (κ3) is 5.09. The molecular weight excluding hydrogens is 440 g/mol. The summed E-state index contributed by atoms with van der Waals surface area (Å²) in [6, 6.07) is 11.6. The average Bonchev–Trinajstić information content (AvgIpc) is 3.11. The lowest BCUT2D eigenvalue weighted by Gasteiger charge is -2.24. The molecule has 3 rings (SSSR count). The fourth-order valence-corrected chi connectivity index (χ4v) is 3.24. The van der Waals surface area contributed by atoms with E-state index in [1.807, 2.05) is 0 Å². The molecule has 0 aliphatic carbocycles. The number of rotatable bonds is 7. The number of ether oxygens (including phenoxy) is 4. The SMILES string of the molecule is COC(=O)C1=C(C(=O)OC)N(c2ccc(NC(=O)c3ccc(OC)cc3)c(OC)c2)C=CC=C1. The zero-order valence-electron chi connectivity index (χ0n) is 19.2. The van der Waals surface area contributed by atoms with Gasteiger partial charge in [0.15, 0.2) is 0 Å². The number of carbonyl (C=O) groups excluding carboxylic acids is 3. The van der Waals surface area contributed by atoms with E-state index in [2.05, 4.69) is 5.32 Å².